The summed E-state index contributed by atoms with van der Waals surface area (Å²) in [5.74, 6) is 0.366. The summed E-state index contributed by atoms with van der Waals surface area (Å²) in [5.41, 5.74) is 12.3. The van der Waals surface area contributed by atoms with Gasteiger partial charge in [-0.1, -0.05) is 5.11 Å². The second-order valence-corrected chi connectivity index (χ2v) is 9.22. The molecule has 0 fully saturated rings. The van der Waals surface area contributed by atoms with Crippen LogP contribution in [0.15, 0.2) is 66.2 Å². The fourth-order valence-corrected chi connectivity index (χ4v) is 4.18. The highest BCUT2D eigenvalue weighted by Gasteiger charge is 2.13. The number of aryl methyl sites for hydroxylation is 1. The number of halogens is 2. The number of fused-ring (bicyclic) bond motifs is 1. The van der Waals surface area contributed by atoms with Gasteiger partial charge >= 0.3 is 6.61 Å². The van der Waals surface area contributed by atoms with Crippen molar-refractivity contribution in [2.45, 2.75) is 13.5 Å². The fourth-order valence-electron chi connectivity index (χ4n) is 4.18. The van der Waals surface area contributed by atoms with E-state index < -0.39 is 6.61 Å². The topological polar surface area (TPSA) is 157 Å². The molecule has 0 aliphatic carbocycles. The van der Waals surface area contributed by atoms with E-state index in [4.69, 9.17) is 19.7 Å². The predicted octanol–water partition coefficient (Wildman–Crippen LogP) is 5.14. The van der Waals surface area contributed by atoms with E-state index in [1.54, 1.807) is 42.9 Å². The normalized spacial score (nSPS) is 11.0. The highest BCUT2D eigenvalue weighted by Crippen LogP contribution is 2.27. The van der Waals surface area contributed by atoms with E-state index in [0.29, 0.717) is 69.8 Å². The standard InChI is InChI=1S/C29H32F2N8O5/c1-20-18-22(4-7-24(20)28(40)34-9-12-41-14-16-43-17-15-42-13-10-36-38-32)37-26-27-35-19-25(39(27)11-8-33-26)21-2-5-23(6-3-21)44-29(30)31/h2-8,11,18-19,29H,9-10,12-17H2,1H3,(H,33,37)(H,34,40). The average molecular weight is 611 g/mol. The molecule has 2 N–H and O–H groups in total. The lowest BCUT2D eigenvalue weighted by atomic mass is 10.1. The van der Waals surface area contributed by atoms with E-state index >= 15 is 0 Å². The maximum absolute atomic E-state index is 12.7. The van der Waals surface area contributed by atoms with Gasteiger partial charge in [-0.15, -0.1) is 0 Å². The number of rotatable bonds is 18. The summed E-state index contributed by atoms with van der Waals surface area (Å²) in [7, 11) is 0. The summed E-state index contributed by atoms with van der Waals surface area (Å²) in [4.78, 5) is 24.3. The number of carbonyl (C=O) groups excluding carboxylic acids is 1. The lowest BCUT2D eigenvalue weighted by molar-refractivity contribution is -0.0498. The van der Waals surface area contributed by atoms with Crippen molar-refractivity contribution in [3.63, 3.8) is 0 Å². The van der Waals surface area contributed by atoms with Crippen LogP contribution in [-0.2, 0) is 14.2 Å². The average Bonchev–Trinajstić information content (AvgIpc) is 3.45. The summed E-state index contributed by atoms with van der Waals surface area (Å²) in [6.45, 7) is 1.88. The number of hydrogen-bond donors (Lipinski definition) is 2. The van der Waals surface area contributed by atoms with Crippen molar-refractivity contribution >= 4 is 23.1 Å². The Labute approximate surface area is 251 Å². The number of carbonyl (C=O) groups is 1. The number of imidazole rings is 1. The van der Waals surface area contributed by atoms with Crippen molar-refractivity contribution in [2.75, 3.05) is 58.0 Å². The van der Waals surface area contributed by atoms with Gasteiger partial charge in [0.05, 0.1) is 51.5 Å². The number of aromatic nitrogens is 3. The minimum atomic E-state index is -2.89. The predicted molar refractivity (Wildman–Crippen MR) is 158 cm³/mol. The zero-order valence-corrected chi connectivity index (χ0v) is 24.0. The molecule has 232 valence electrons. The number of azide groups is 1. The number of alkyl halides is 2. The molecule has 0 radical (unpaired) electrons. The van der Waals surface area contributed by atoms with Crippen LogP contribution in [0, 0.1) is 6.92 Å². The van der Waals surface area contributed by atoms with Gasteiger partial charge in [-0.3, -0.25) is 9.20 Å². The van der Waals surface area contributed by atoms with E-state index in [1.807, 2.05) is 17.4 Å². The molecule has 2 aromatic carbocycles. The number of amides is 1. The van der Waals surface area contributed by atoms with Crippen molar-refractivity contribution < 1.29 is 32.5 Å². The smallest absolute Gasteiger partial charge is 0.387 e. The number of nitrogens with zero attached hydrogens (tertiary/aromatic N) is 6. The minimum Gasteiger partial charge on any atom is -0.435 e. The van der Waals surface area contributed by atoms with Crippen LogP contribution in [0.3, 0.4) is 0 Å². The zero-order chi connectivity index (χ0) is 31.1. The number of benzene rings is 2. The lowest BCUT2D eigenvalue weighted by Gasteiger charge is -2.12. The quantitative estimate of drug-likeness (QED) is 0.0679. The van der Waals surface area contributed by atoms with Gasteiger partial charge in [-0.25, -0.2) is 9.97 Å². The van der Waals surface area contributed by atoms with Crippen LogP contribution in [0.25, 0.3) is 27.3 Å². The van der Waals surface area contributed by atoms with E-state index in [9.17, 15) is 13.6 Å². The first kappa shape index (κ1) is 32.1. The van der Waals surface area contributed by atoms with Gasteiger partial charge in [0.15, 0.2) is 11.5 Å². The van der Waals surface area contributed by atoms with Crippen LogP contribution in [0.4, 0.5) is 20.3 Å². The lowest BCUT2D eigenvalue weighted by Crippen LogP contribution is -2.28. The van der Waals surface area contributed by atoms with Crippen LogP contribution in [0.1, 0.15) is 15.9 Å². The molecule has 0 atom stereocenters. The second kappa shape index (κ2) is 16.7. The van der Waals surface area contributed by atoms with E-state index in [-0.39, 0.29) is 11.7 Å². The highest BCUT2D eigenvalue weighted by molar-refractivity contribution is 5.96. The third-order valence-electron chi connectivity index (χ3n) is 6.21. The zero-order valence-electron chi connectivity index (χ0n) is 24.0. The van der Waals surface area contributed by atoms with Crippen LogP contribution in [0.5, 0.6) is 5.75 Å². The summed E-state index contributed by atoms with van der Waals surface area (Å²) in [6, 6.07) is 11.7. The Balaban J connectivity index is 1.24. The molecule has 0 spiro atoms. The number of nitrogens with one attached hydrogen (secondary N) is 2. The van der Waals surface area contributed by atoms with Gasteiger partial charge < -0.3 is 29.6 Å². The SMILES string of the molecule is Cc1cc(Nc2nccn3c(-c4ccc(OC(F)F)cc4)cnc23)ccc1C(=O)NCCOCCOCCOCCN=[N+]=[N-]. The van der Waals surface area contributed by atoms with Crippen LogP contribution >= 0.6 is 0 Å². The molecule has 0 bridgehead atoms. The highest BCUT2D eigenvalue weighted by atomic mass is 19.3. The Morgan fingerprint density at radius 3 is 2.45 bits per heavy atom. The Bertz CT molecular complexity index is 1560. The fraction of sp³-hybridized carbons (Fsp3) is 0.345. The van der Waals surface area contributed by atoms with Gasteiger partial charge in [0.1, 0.15) is 5.75 Å². The molecule has 15 heteroatoms. The van der Waals surface area contributed by atoms with Crippen molar-refractivity contribution in [3.8, 4) is 17.0 Å². The summed E-state index contributed by atoms with van der Waals surface area (Å²) < 4.78 is 47.3. The van der Waals surface area contributed by atoms with Gasteiger partial charge in [-0.2, -0.15) is 8.78 Å². The monoisotopic (exact) mass is 610 g/mol. The number of ether oxygens (including phenoxy) is 4. The van der Waals surface area contributed by atoms with Gasteiger partial charge in [0.2, 0.25) is 0 Å². The van der Waals surface area contributed by atoms with Crippen molar-refractivity contribution in [1.29, 1.82) is 0 Å². The minimum absolute atomic E-state index is 0.0729. The maximum atomic E-state index is 12.7. The van der Waals surface area contributed by atoms with Crippen LogP contribution in [0.2, 0.25) is 0 Å². The van der Waals surface area contributed by atoms with Crippen LogP contribution in [-0.4, -0.2) is 79.6 Å². The van der Waals surface area contributed by atoms with E-state index in [1.165, 1.54) is 12.1 Å². The second-order valence-electron chi connectivity index (χ2n) is 9.22. The molecular formula is C29H32F2N8O5. The molecule has 4 aromatic rings. The summed E-state index contributed by atoms with van der Waals surface area (Å²) >= 11 is 0. The molecule has 2 aromatic heterocycles. The molecule has 44 heavy (non-hydrogen) atoms. The first-order chi connectivity index (χ1) is 21.5. The Kier molecular flexibility index (Phi) is 12.2. The number of anilines is 2. The molecule has 0 aliphatic heterocycles. The Hall–Kier alpha value is -4.82. The van der Waals surface area contributed by atoms with Crippen molar-refractivity contribution in [2.24, 2.45) is 5.11 Å². The third-order valence-corrected chi connectivity index (χ3v) is 6.21. The van der Waals surface area contributed by atoms with E-state index in [0.717, 1.165) is 22.5 Å². The molecule has 1 amide bonds. The first-order valence-corrected chi connectivity index (χ1v) is 13.7. The third kappa shape index (κ3) is 9.34. The molecule has 2 heterocycles. The molecule has 0 aliphatic rings. The molecule has 0 saturated heterocycles. The van der Waals surface area contributed by atoms with Crippen molar-refractivity contribution in [3.05, 3.63) is 82.6 Å². The summed E-state index contributed by atoms with van der Waals surface area (Å²) in [6.07, 6.45) is 5.06. The molecular weight excluding hydrogens is 578 g/mol. The van der Waals surface area contributed by atoms with Crippen molar-refractivity contribution in [1.82, 2.24) is 19.7 Å². The van der Waals surface area contributed by atoms with Gasteiger partial charge in [0, 0.05) is 47.2 Å². The molecule has 13 nitrogen and oxygen atoms in total. The Morgan fingerprint density at radius 2 is 1.75 bits per heavy atom. The molecule has 4 rings (SSSR count). The van der Waals surface area contributed by atoms with Gasteiger partial charge in [-0.05, 0) is 60.5 Å². The first-order valence-electron chi connectivity index (χ1n) is 13.7. The van der Waals surface area contributed by atoms with E-state index in [2.05, 4.69) is 35.4 Å². The van der Waals surface area contributed by atoms with Gasteiger partial charge in [0.25, 0.3) is 5.91 Å². The summed E-state index contributed by atoms with van der Waals surface area (Å²) in [5, 5.41) is 9.48. The largest absolute Gasteiger partial charge is 0.435 e. The molecule has 0 unspecified atom stereocenters. The number of hydrogen-bond acceptors (Lipinski definition) is 9. The Morgan fingerprint density at radius 1 is 1.02 bits per heavy atom. The van der Waals surface area contributed by atoms with Crippen LogP contribution < -0.4 is 15.4 Å². The molecule has 0 saturated carbocycles. The maximum Gasteiger partial charge on any atom is 0.387 e.